The topological polar surface area (TPSA) is 63.9 Å². The van der Waals surface area contributed by atoms with E-state index in [1.165, 1.54) is 0 Å². The van der Waals surface area contributed by atoms with Gasteiger partial charge in [-0.15, -0.1) is 0 Å². The van der Waals surface area contributed by atoms with Crippen molar-refractivity contribution in [2.45, 2.75) is 12.3 Å². The zero-order valence-corrected chi connectivity index (χ0v) is 11.4. The summed E-state index contributed by atoms with van der Waals surface area (Å²) in [4.78, 5) is 7.67. The van der Waals surface area contributed by atoms with E-state index in [9.17, 15) is 0 Å². The number of fused-ring (bicyclic) bond motifs is 1. The Balaban J connectivity index is 1.77. The van der Waals surface area contributed by atoms with E-state index in [-0.39, 0.29) is 5.92 Å². The van der Waals surface area contributed by atoms with Crippen LogP contribution in [0.5, 0.6) is 0 Å². The van der Waals surface area contributed by atoms with E-state index < -0.39 is 0 Å². The largest absolute Gasteiger partial charge is 0.381 e. The van der Waals surface area contributed by atoms with E-state index in [0.717, 1.165) is 23.9 Å². The Morgan fingerprint density at radius 2 is 2.20 bits per heavy atom. The van der Waals surface area contributed by atoms with Crippen molar-refractivity contribution in [3.05, 3.63) is 35.1 Å². The Bertz CT molecular complexity index is 759. The van der Waals surface area contributed by atoms with Gasteiger partial charge in [-0.25, -0.2) is 0 Å². The minimum atomic E-state index is 0.218. The Morgan fingerprint density at radius 3 is 3.00 bits per heavy atom. The molecule has 1 aliphatic heterocycles. The molecule has 6 heteroatoms. The number of H-pyrrole nitrogens is 1. The molecule has 1 atom stereocenters. The summed E-state index contributed by atoms with van der Waals surface area (Å²) >= 11 is 6.38. The summed E-state index contributed by atoms with van der Waals surface area (Å²) in [5, 5.41) is 5.60. The third kappa shape index (κ3) is 1.82. The van der Waals surface area contributed by atoms with Crippen LogP contribution in [0.15, 0.2) is 28.8 Å². The second kappa shape index (κ2) is 4.61. The normalized spacial score (nSPS) is 18.9. The SMILES string of the molecule is Clc1c(-c2nc(C3CCOC3)no2)[nH]c2ccccc12. The summed E-state index contributed by atoms with van der Waals surface area (Å²) < 4.78 is 10.7. The van der Waals surface area contributed by atoms with Gasteiger partial charge in [0.05, 0.1) is 11.6 Å². The number of nitrogens with zero attached hydrogens (tertiary/aromatic N) is 2. The van der Waals surface area contributed by atoms with E-state index in [2.05, 4.69) is 15.1 Å². The Labute approximate surface area is 119 Å². The van der Waals surface area contributed by atoms with E-state index in [4.69, 9.17) is 20.9 Å². The molecule has 3 heterocycles. The minimum Gasteiger partial charge on any atom is -0.381 e. The molecule has 0 saturated carbocycles. The molecule has 102 valence electrons. The number of para-hydroxylation sites is 1. The van der Waals surface area contributed by atoms with Crippen LogP contribution in [0.4, 0.5) is 0 Å². The number of ether oxygens (including phenoxy) is 1. The molecule has 1 aliphatic rings. The summed E-state index contributed by atoms with van der Waals surface area (Å²) in [6.45, 7) is 1.40. The maximum Gasteiger partial charge on any atom is 0.275 e. The van der Waals surface area contributed by atoms with E-state index in [0.29, 0.717) is 29.0 Å². The molecule has 0 bridgehead atoms. The van der Waals surface area contributed by atoms with Gasteiger partial charge in [0.2, 0.25) is 0 Å². The van der Waals surface area contributed by atoms with E-state index in [1.54, 1.807) is 0 Å². The summed E-state index contributed by atoms with van der Waals surface area (Å²) in [5.74, 6) is 1.33. The van der Waals surface area contributed by atoms with Crippen molar-refractivity contribution in [2.24, 2.45) is 0 Å². The van der Waals surface area contributed by atoms with Crippen LogP contribution in [0.3, 0.4) is 0 Å². The molecule has 1 fully saturated rings. The number of halogens is 1. The lowest BCUT2D eigenvalue weighted by Gasteiger charge is -1.97. The molecule has 5 nitrogen and oxygen atoms in total. The maximum atomic E-state index is 6.38. The highest BCUT2D eigenvalue weighted by molar-refractivity contribution is 6.38. The standard InChI is InChI=1S/C14H12ClN3O2/c15-11-9-3-1-2-4-10(9)16-12(11)14-17-13(18-20-14)8-5-6-19-7-8/h1-4,8,16H,5-7H2. The molecular formula is C14H12ClN3O2. The van der Waals surface area contributed by atoms with Crippen LogP contribution < -0.4 is 0 Å². The number of benzene rings is 1. The molecular weight excluding hydrogens is 278 g/mol. The predicted molar refractivity (Wildman–Crippen MR) is 74.8 cm³/mol. The first-order valence-electron chi connectivity index (χ1n) is 6.51. The summed E-state index contributed by atoms with van der Waals surface area (Å²) in [7, 11) is 0. The molecule has 3 aromatic rings. The predicted octanol–water partition coefficient (Wildman–Crippen LogP) is 3.38. The van der Waals surface area contributed by atoms with Crippen LogP contribution in [0.1, 0.15) is 18.2 Å². The fourth-order valence-electron chi connectivity index (χ4n) is 2.50. The average molecular weight is 290 g/mol. The third-order valence-corrected chi connectivity index (χ3v) is 3.99. The van der Waals surface area contributed by atoms with E-state index >= 15 is 0 Å². The van der Waals surface area contributed by atoms with Crippen molar-refractivity contribution in [3.8, 4) is 11.6 Å². The van der Waals surface area contributed by atoms with Gasteiger partial charge in [-0.05, 0) is 12.5 Å². The van der Waals surface area contributed by atoms with Crippen LogP contribution in [0.2, 0.25) is 5.02 Å². The molecule has 1 N–H and O–H groups in total. The lowest BCUT2D eigenvalue weighted by atomic mass is 10.1. The highest BCUT2D eigenvalue weighted by atomic mass is 35.5. The van der Waals surface area contributed by atoms with Gasteiger partial charge in [0.25, 0.3) is 5.89 Å². The van der Waals surface area contributed by atoms with Crippen molar-refractivity contribution >= 4 is 22.5 Å². The number of rotatable bonds is 2. The molecule has 0 aliphatic carbocycles. The van der Waals surface area contributed by atoms with Crippen LogP contribution in [0, 0.1) is 0 Å². The number of hydrogen-bond acceptors (Lipinski definition) is 4. The zero-order valence-electron chi connectivity index (χ0n) is 10.6. The van der Waals surface area contributed by atoms with Gasteiger partial charge in [0.15, 0.2) is 5.82 Å². The Morgan fingerprint density at radius 1 is 1.30 bits per heavy atom. The van der Waals surface area contributed by atoms with Crippen LogP contribution in [0.25, 0.3) is 22.5 Å². The summed E-state index contributed by atoms with van der Waals surface area (Å²) in [6.07, 6.45) is 0.930. The Hall–Kier alpha value is -1.85. The zero-order chi connectivity index (χ0) is 13.5. The van der Waals surface area contributed by atoms with Crippen molar-refractivity contribution in [3.63, 3.8) is 0 Å². The first kappa shape index (κ1) is 11.9. The van der Waals surface area contributed by atoms with Crippen molar-refractivity contribution in [2.75, 3.05) is 13.2 Å². The second-order valence-electron chi connectivity index (χ2n) is 4.88. The van der Waals surface area contributed by atoms with Crippen LogP contribution >= 0.6 is 11.6 Å². The van der Waals surface area contributed by atoms with Gasteiger partial charge < -0.3 is 14.2 Å². The molecule has 1 saturated heterocycles. The minimum absolute atomic E-state index is 0.218. The lowest BCUT2D eigenvalue weighted by Crippen LogP contribution is -1.99. The van der Waals surface area contributed by atoms with Crippen molar-refractivity contribution in [1.82, 2.24) is 15.1 Å². The fraction of sp³-hybridized carbons (Fsp3) is 0.286. The molecule has 4 rings (SSSR count). The maximum absolute atomic E-state index is 6.38. The van der Waals surface area contributed by atoms with Crippen LogP contribution in [-0.4, -0.2) is 28.3 Å². The number of aromatic amines is 1. The van der Waals surface area contributed by atoms with Gasteiger partial charge in [-0.1, -0.05) is 35.0 Å². The summed E-state index contributed by atoms with van der Waals surface area (Å²) in [6, 6.07) is 7.82. The third-order valence-electron chi connectivity index (χ3n) is 3.59. The van der Waals surface area contributed by atoms with Gasteiger partial charge in [0.1, 0.15) is 5.69 Å². The number of aromatic nitrogens is 3. The number of hydrogen-bond donors (Lipinski definition) is 1. The monoisotopic (exact) mass is 289 g/mol. The molecule has 1 unspecified atom stereocenters. The van der Waals surface area contributed by atoms with Crippen molar-refractivity contribution < 1.29 is 9.26 Å². The number of nitrogens with one attached hydrogen (secondary N) is 1. The smallest absolute Gasteiger partial charge is 0.275 e. The highest BCUT2D eigenvalue weighted by Gasteiger charge is 2.25. The first-order valence-corrected chi connectivity index (χ1v) is 6.88. The molecule has 0 amide bonds. The average Bonchev–Trinajstić information content (AvgIpc) is 3.17. The van der Waals surface area contributed by atoms with Crippen molar-refractivity contribution in [1.29, 1.82) is 0 Å². The van der Waals surface area contributed by atoms with Gasteiger partial charge in [0, 0.05) is 23.4 Å². The molecule has 0 radical (unpaired) electrons. The summed E-state index contributed by atoms with van der Waals surface area (Å²) in [5.41, 5.74) is 1.63. The first-order chi connectivity index (χ1) is 9.83. The van der Waals surface area contributed by atoms with Crippen LogP contribution in [-0.2, 0) is 4.74 Å². The van der Waals surface area contributed by atoms with Gasteiger partial charge in [-0.3, -0.25) is 0 Å². The van der Waals surface area contributed by atoms with E-state index in [1.807, 2.05) is 24.3 Å². The lowest BCUT2D eigenvalue weighted by molar-refractivity contribution is 0.192. The molecule has 2 aromatic heterocycles. The van der Waals surface area contributed by atoms with Gasteiger partial charge >= 0.3 is 0 Å². The molecule has 0 spiro atoms. The fourth-order valence-corrected chi connectivity index (χ4v) is 2.79. The Kier molecular flexibility index (Phi) is 2.75. The quantitative estimate of drug-likeness (QED) is 0.785. The molecule has 20 heavy (non-hydrogen) atoms. The van der Waals surface area contributed by atoms with Gasteiger partial charge in [-0.2, -0.15) is 4.98 Å². The molecule has 1 aromatic carbocycles. The second-order valence-corrected chi connectivity index (χ2v) is 5.26. The highest BCUT2D eigenvalue weighted by Crippen LogP contribution is 2.34.